The van der Waals surface area contributed by atoms with Crippen molar-refractivity contribution < 1.29 is 23.5 Å². The molecule has 0 aliphatic carbocycles. The molecule has 5 nitrogen and oxygen atoms in total. The minimum atomic E-state index is -0.957. The van der Waals surface area contributed by atoms with E-state index in [1.54, 1.807) is 42.5 Å². The van der Waals surface area contributed by atoms with Crippen LogP contribution in [0.5, 0.6) is 0 Å². The molecule has 28 heavy (non-hydrogen) atoms. The van der Waals surface area contributed by atoms with Crippen molar-refractivity contribution in [3.63, 3.8) is 0 Å². The Morgan fingerprint density at radius 3 is 1.93 bits per heavy atom. The SMILES string of the molecule is COC(=O)c1c(C(=O)OC)c(/C=C/c2ccccc2)n(-c2ccccc2)c1F. The number of esters is 2. The van der Waals surface area contributed by atoms with Gasteiger partial charge in [0.15, 0.2) is 0 Å². The molecule has 0 N–H and O–H groups in total. The third kappa shape index (κ3) is 3.57. The zero-order valence-electron chi connectivity index (χ0n) is 15.4. The highest BCUT2D eigenvalue weighted by atomic mass is 19.1. The molecule has 3 aromatic rings. The standard InChI is InChI=1S/C22H18FNO4/c1-27-21(25)18-17(14-13-15-9-5-3-6-10-15)24(16-11-7-4-8-12-16)20(23)19(18)22(26)28-2/h3-14H,1-2H3/b14-13+. The van der Waals surface area contributed by atoms with Crippen LogP contribution in [-0.2, 0) is 9.47 Å². The number of para-hydroxylation sites is 1. The molecule has 0 fully saturated rings. The van der Waals surface area contributed by atoms with Crippen LogP contribution in [0, 0.1) is 5.95 Å². The number of nitrogens with zero attached hydrogens (tertiary/aromatic N) is 1. The molecule has 142 valence electrons. The molecule has 0 aliphatic heterocycles. The highest BCUT2D eigenvalue weighted by Gasteiger charge is 2.32. The van der Waals surface area contributed by atoms with Gasteiger partial charge >= 0.3 is 11.9 Å². The number of hydrogen-bond donors (Lipinski definition) is 0. The van der Waals surface area contributed by atoms with Gasteiger partial charge in [-0.25, -0.2) is 9.59 Å². The lowest BCUT2D eigenvalue weighted by molar-refractivity contribution is 0.0552. The average molecular weight is 379 g/mol. The van der Waals surface area contributed by atoms with E-state index in [0.717, 1.165) is 12.7 Å². The summed E-state index contributed by atoms with van der Waals surface area (Å²) >= 11 is 0. The van der Waals surface area contributed by atoms with E-state index >= 15 is 4.39 Å². The largest absolute Gasteiger partial charge is 0.465 e. The van der Waals surface area contributed by atoms with E-state index < -0.39 is 23.4 Å². The van der Waals surface area contributed by atoms with Gasteiger partial charge in [-0.1, -0.05) is 54.6 Å². The van der Waals surface area contributed by atoms with Crippen molar-refractivity contribution in [3.05, 3.63) is 89.0 Å². The van der Waals surface area contributed by atoms with Crippen molar-refractivity contribution in [1.82, 2.24) is 4.57 Å². The van der Waals surface area contributed by atoms with E-state index in [4.69, 9.17) is 9.47 Å². The predicted octanol–water partition coefficient (Wildman–Crippen LogP) is 4.36. The molecule has 2 aromatic carbocycles. The summed E-state index contributed by atoms with van der Waals surface area (Å²) in [6.45, 7) is 0. The summed E-state index contributed by atoms with van der Waals surface area (Å²) in [5.74, 6) is -2.69. The maximum absolute atomic E-state index is 15.3. The van der Waals surface area contributed by atoms with Crippen LogP contribution in [-0.4, -0.2) is 30.7 Å². The number of halogens is 1. The lowest BCUT2D eigenvalue weighted by Crippen LogP contribution is -2.11. The van der Waals surface area contributed by atoms with Crippen LogP contribution >= 0.6 is 0 Å². The Labute approximate surface area is 161 Å². The van der Waals surface area contributed by atoms with E-state index in [1.165, 1.54) is 11.7 Å². The van der Waals surface area contributed by atoms with Gasteiger partial charge in [0, 0.05) is 5.69 Å². The fourth-order valence-corrected chi connectivity index (χ4v) is 2.88. The highest BCUT2D eigenvalue weighted by Crippen LogP contribution is 2.29. The van der Waals surface area contributed by atoms with Crippen molar-refractivity contribution in [3.8, 4) is 5.69 Å². The number of hydrogen-bond acceptors (Lipinski definition) is 4. The molecule has 1 aromatic heterocycles. The first-order valence-corrected chi connectivity index (χ1v) is 8.47. The van der Waals surface area contributed by atoms with Gasteiger partial charge in [0.2, 0.25) is 5.95 Å². The van der Waals surface area contributed by atoms with E-state index in [0.29, 0.717) is 5.69 Å². The van der Waals surface area contributed by atoms with Gasteiger partial charge in [-0.2, -0.15) is 4.39 Å². The second-order valence-corrected chi connectivity index (χ2v) is 5.82. The maximum atomic E-state index is 15.3. The second-order valence-electron chi connectivity index (χ2n) is 5.82. The van der Waals surface area contributed by atoms with Crippen LogP contribution in [0.2, 0.25) is 0 Å². The van der Waals surface area contributed by atoms with Crippen molar-refractivity contribution in [2.24, 2.45) is 0 Å². The van der Waals surface area contributed by atoms with Gasteiger partial charge in [-0.3, -0.25) is 4.57 Å². The monoisotopic (exact) mass is 379 g/mol. The molecule has 3 rings (SSSR count). The van der Waals surface area contributed by atoms with Crippen LogP contribution in [0.15, 0.2) is 60.7 Å². The number of carbonyl (C=O) groups is 2. The van der Waals surface area contributed by atoms with Crippen LogP contribution in [0.4, 0.5) is 4.39 Å². The zero-order valence-corrected chi connectivity index (χ0v) is 15.4. The van der Waals surface area contributed by atoms with Crippen molar-refractivity contribution >= 4 is 24.1 Å². The minimum absolute atomic E-state index is 0.180. The summed E-state index contributed by atoms with van der Waals surface area (Å²) < 4.78 is 26.0. The van der Waals surface area contributed by atoms with Crippen molar-refractivity contribution in [1.29, 1.82) is 0 Å². The Kier molecular flexibility index (Phi) is 5.69. The van der Waals surface area contributed by atoms with Crippen LogP contribution in [0.25, 0.3) is 17.8 Å². The first kappa shape index (κ1) is 19.1. The molecule has 6 heteroatoms. The molecule has 1 heterocycles. The first-order valence-electron chi connectivity index (χ1n) is 8.47. The molecule has 0 spiro atoms. The predicted molar refractivity (Wildman–Crippen MR) is 104 cm³/mol. The second kappa shape index (κ2) is 8.35. The van der Waals surface area contributed by atoms with Gasteiger partial charge in [0.25, 0.3) is 0 Å². The summed E-state index contributed by atoms with van der Waals surface area (Å²) in [4.78, 5) is 24.7. The third-order valence-electron chi connectivity index (χ3n) is 4.18. The quantitative estimate of drug-likeness (QED) is 0.618. The average Bonchev–Trinajstić information content (AvgIpc) is 3.04. The third-order valence-corrected chi connectivity index (χ3v) is 4.18. The van der Waals surface area contributed by atoms with Gasteiger partial charge in [0.05, 0.1) is 19.9 Å². The normalized spacial score (nSPS) is 10.8. The molecule has 0 bridgehead atoms. The van der Waals surface area contributed by atoms with Crippen LogP contribution in [0.3, 0.4) is 0 Å². The van der Waals surface area contributed by atoms with E-state index in [-0.39, 0.29) is 11.3 Å². The smallest absolute Gasteiger partial charge is 0.343 e. The number of rotatable bonds is 5. The Hall–Kier alpha value is -3.67. The van der Waals surface area contributed by atoms with E-state index in [1.807, 2.05) is 30.3 Å². The lowest BCUT2D eigenvalue weighted by Gasteiger charge is -2.08. The fraction of sp³-hybridized carbons (Fsp3) is 0.0909. The molecular formula is C22H18FNO4. The molecule has 0 aliphatic rings. The number of carbonyl (C=O) groups excluding carboxylic acids is 2. The first-order chi connectivity index (χ1) is 13.6. The Morgan fingerprint density at radius 1 is 0.821 bits per heavy atom. The lowest BCUT2D eigenvalue weighted by atomic mass is 10.1. The van der Waals surface area contributed by atoms with E-state index in [9.17, 15) is 9.59 Å². The summed E-state index contributed by atoms with van der Waals surface area (Å²) in [7, 11) is 2.30. The van der Waals surface area contributed by atoms with Gasteiger partial charge < -0.3 is 9.47 Å². The molecule has 0 saturated heterocycles. The molecule has 0 radical (unpaired) electrons. The molecule has 0 atom stereocenters. The van der Waals surface area contributed by atoms with Gasteiger partial charge in [-0.15, -0.1) is 0 Å². The molecular weight excluding hydrogens is 361 g/mol. The Balaban J connectivity index is 2.31. The summed E-state index contributed by atoms with van der Waals surface area (Å²) in [5, 5.41) is 0. The van der Waals surface area contributed by atoms with Gasteiger partial charge in [0.1, 0.15) is 11.1 Å². The maximum Gasteiger partial charge on any atom is 0.343 e. The minimum Gasteiger partial charge on any atom is -0.465 e. The number of benzene rings is 2. The summed E-state index contributed by atoms with van der Waals surface area (Å²) in [5.41, 5.74) is 0.820. The summed E-state index contributed by atoms with van der Waals surface area (Å²) in [6.07, 6.45) is 3.30. The van der Waals surface area contributed by atoms with Crippen molar-refractivity contribution in [2.75, 3.05) is 14.2 Å². The highest BCUT2D eigenvalue weighted by molar-refractivity contribution is 6.06. The zero-order chi connectivity index (χ0) is 20.1. The summed E-state index contributed by atoms with van der Waals surface area (Å²) in [6, 6.07) is 17.9. The molecule has 0 amide bonds. The Bertz CT molecular complexity index is 1020. The topological polar surface area (TPSA) is 57.5 Å². The van der Waals surface area contributed by atoms with Crippen LogP contribution in [0.1, 0.15) is 32.0 Å². The molecule has 0 unspecified atom stereocenters. The Morgan fingerprint density at radius 2 is 1.36 bits per heavy atom. The van der Waals surface area contributed by atoms with E-state index in [2.05, 4.69) is 0 Å². The van der Waals surface area contributed by atoms with Crippen LogP contribution < -0.4 is 0 Å². The number of aromatic nitrogens is 1. The fourth-order valence-electron chi connectivity index (χ4n) is 2.88. The number of ether oxygens (including phenoxy) is 2. The number of methoxy groups -OCH3 is 2. The molecule has 0 saturated carbocycles. The van der Waals surface area contributed by atoms with Crippen molar-refractivity contribution in [2.45, 2.75) is 0 Å². The van der Waals surface area contributed by atoms with Gasteiger partial charge in [-0.05, 0) is 23.8 Å².